The smallest absolute Gasteiger partial charge is 0.328 e. The lowest BCUT2D eigenvalue weighted by molar-refractivity contribution is -0.131. The number of imidazole rings is 1. The fourth-order valence-electron chi connectivity index (χ4n) is 1.79. The molecule has 1 unspecified atom stereocenters. The van der Waals surface area contributed by atoms with E-state index >= 15 is 0 Å². The maximum atomic E-state index is 12.2. The van der Waals surface area contributed by atoms with E-state index in [1.165, 1.54) is 17.4 Å². The molecule has 7 heteroatoms. The van der Waals surface area contributed by atoms with Gasteiger partial charge in [0.15, 0.2) is 0 Å². The summed E-state index contributed by atoms with van der Waals surface area (Å²) in [7, 11) is 0. The van der Waals surface area contributed by atoms with Crippen LogP contribution < -0.4 is 5.32 Å². The number of hydrogen-bond donors (Lipinski definition) is 3. The maximum absolute atomic E-state index is 12.2. The van der Waals surface area contributed by atoms with E-state index in [1.807, 2.05) is 6.92 Å². The second kappa shape index (κ2) is 6.85. The van der Waals surface area contributed by atoms with Crippen LogP contribution >= 0.6 is 11.3 Å². The van der Waals surface area contributed by atoms with Crippen LogP contribution in [0.5, 0.6) is 0 Å². The molecule has 1 amide bonds. The molecule has 0 saturated heterocycles. The van der Waals surface area contributed by atoms with E-state index < -0.39 is 5.97 Å². The molecule has 21 heavy (non-hydrogen) atoms. The van der Waals surface area contributed by atoms with Crippen LogP contribution in [0, 0.1) is 0 Å². The van der Waals surface area contributed by atoms with Gasteiger partial charge in [-0.3, -0.25) is 4.79 Å². The number of carboxylic acids is 1. The number of H-pyrrole nitrogens is 1. The number of thiophene rings is 1. The predicted octanol–water partition coefficient (Wildman–Crippen LogP) is 2.45. The highest BCUT2D eigenvalue weighted by Crippen LogP contribution is 2.18. The highest BCUT2D eigenvalue weighted by molar-refractivity contribution is 7.11. The van der Waals surface area contributed by atoms with Crippen molar-refractivity contribution in [3.05, 3.63) is 46.2 Å². The molecule has 0 aromatic carbocycles. The summed E-state index contributed by atoms with van der Waals surface area (Å²) in [6.07, 6.45) is 6.58. The van der Waals surface area contributed by atoms with Crippen molar-refractivity contribution in [2.75, 3.05) is 0 Å². The molecule has 0 spiro atoms. The first-order chi connectivity index (χ1) is 10.1. The van der Waals surface area contributed by atoms with Gasteiger partial charge in [0.2, 0.25) is 0 Å². The van der Waals surface area contributed by atoms with Crippen molar-refractivity contribution in [2.24, 2.45) is 0 Å². The Kier molecular flexibility index (Phi) is 4.89. The predicted molar refractivity (Wildman–Crippen MR) is 80.1 cm³/mol. The summed E-state index contributed by atoms with van der Waals surface area (Å²) in [5, 5.41) is 13.2. The molecule has 0 saturated carbocycles. The van der Waals surface area contributed by atoms with Crippen molar-refractivity contribution in [3.8, 4) is 0 Å². The van der Waals surface area contributed by atoms with E-state index in [1.54, 1.807) is 23.8 Å². The van der Waals surface area contributed by atoms with E-state index in [-0.39, 0.29) is 11.9 Å². The van der Waals surface area contributed by atoms with Gasteiger partial charge < -0.3 is 15.4 Å². The van der Waals surface area contributed by atoms with Gasteiger partial charge in [0.25, 0.3) is 5.91 Å². The van der Waals surface area contributed by atoms with E-state index in [4.69, 9.17) is 5.11 Å². The Hall–Kier alpha value is -2.41. The van der Waals surface area contributed by atoms with Gasteiger partial charge >= 0.3 is 5.97 Å². The first kappa shape index (κ1) is 15.0. The maximum Gasteiger partial charge on any atom is 0.328 e. The van der Waals surface area contributed by atoms with E-state index in [2.05, 4.69) is 15.3 Å². The van der Waals surface area contributed by atoms with Gasteiger partial charge in [-0.1, -0.05) is 6.92 Å². The number of carbonyl (C=O) groups is 2. The number of nitrogens with zero attached hydrogens (tertiary/aromatic N) is 1. The van der Waals surface area contributed by atoms with Crippen molar-refractivity contribution in [1.82, 2.24) is 15.3 Å². The zero-order valence-corrected chi connectivity index (χ0v) is 12.2. The lowest BCUT2D eigenvalue weighted by atomic mass is 10.2. The molecule has 2 aromatic rings. The Bertz CT molecular complexity index is 646. The highest BCUT2D eigenvalue weighted by Gasteiger charge is 2.16. The Morgan fingerprint density at radius 3 is 3.00 bits per heavy atom. The zero-order chi connectivity index (χ0) is 15.2. The van der Waals surface area contributed by atoms with Gasteiger partial charge in [-0.2, -0.15) is 0 Å². The van der Waals surface area contributed by atoms with Crippen molar-refractivity contribution < 1.29 is 14.7 Å². The van der Waals surface area contributed by atoms with Gasteiger partial charge in [0.1, 0.15) is 5.82 Å². The fourth-order valence-corrected chi connectivity index (χ4v) is 2.57. The summed E-state index contributed by atoms with van der Waals surface area (Å²) in [6, 6.07) is 1.49. The van der Waals surface area contributed by atoms with E-state index in [0.29, 0.717) is 16.3 Å². The van der Waals surface area contributed by atoms with Crippen molar-refractivity contribution in [2.45, 2.75) is 19.4 Å². The first-order valence-electron chi connectivity index (χ1n) is 6.39. The fraction of sp³-hybridized carbons (Fsp3) is 0.214. The van der Waals surface area contributed by atoms with Gasteiger partial charge in [0, 0.05) is 28.7 Å². The number of nitrogens with one attached hydrogen (secondary N) is 2. The molecule has 0 aliphatic rings. The standard InChI is InChI=1S/C14H15N3O3S/c1-2-11(13-15-5-6-16-13)17-14(20)9-7-10(21-8-9)3-4-12(18)19/h3-8,11H,2H2,1H3,(H,15,16)(H,17,20)(H,18,19)/b4-3+. The molecule has 0 bridgehead atoms. The van der Waals surface area contributed by atoms with Crippen LogP contribution in [0.3, 0.4) is 0 Å². The van der Waals surface area contributed by atoms with Gasteiger partial charge in [-0.15, -0.1) is 11.3 Å². The highest BCUT2D eigenvalue weighted by atomic mass is 32.1. The SMILES string of the molecule is CCC(NC(=O)c1csc(/C=C/C(=O)O)c1)c1ncc[nH]1. The quantitative estimate of drug-likeness (QED) is 0.714. The minimum atomic E-state index is -1.02. The van der Waals surface area contributed by atoms with Gasteiger partial charge in [0.05, 0.1) is 11.6 Å². The van der Waals surface area contributed by atoms with Crippen LogP contribution in [0.4, 0.5) is 0 Å². The number of hydrogen-bond acceptors (Lipinski definition) is 4. The third kappa shape index (κ3) is 4.03. The summed E-state index contributed by atoms with van der Waals surface area (Å²) in [5.74, 6) is -0.505. The molecule has 0 aliphatic carbocycles. The first-order valence-corrected chi connectivity index (χ1v) is 7.27. The van der Waals surface area contributed by atoms with Crippen LogP contribution in [0.15, 0.2) is 29.9 Å². The molecule has 110 valence electrons. The minimum absolute atomic E-state index is 0.176. The van der Waals surface area contributed by atoms with Crippen LogP contribution in [0.2, 0.25) is 0 Å². The molecule has 0 fully saturated rings. The molecule has 3 N–H and O–H groups in total. The number of aromatic amines is 1. The summed E-state index contributed by atoms with van der Waals surface area (Å²) >= 11 is 1.32. The minimum Gasteiger partial charge on any atom is -0.478 e. The number of aromatic nitrogens is 2. The average Bonchev–Trinajstić information content (AvgIpc) is 3.13. The number of aliphatic carboxylic acids is 1. The van der Waals surface area contributed by atoms with Crippen molar-refractivity contribution in [1.29, 1.82) is 0 Å². The molecule has 0 aliphatic heterocycles. The molecular weight excluding hydrogens is 290 g/mol. The Labute approximate surface area is 125 Å². The molecule has 2 heterocycles. The number of carbonyl (C=O) groups excluding carboxylic acids is 1. The molecule has 6 nitrogen and oxygen atoms in total. The molecule has 2 aromatic heterocycles. The van der Waals surface area contributed by atoms with Crippen LogP contribution in [-0.4, -0.2) is 27.0 Å². The number of carboxylic acid groups (broad SMARTS) is 1. The number of amides is 1. The second-order valence-electron chi connectivity index (χ2n) is 4.32. The normalized spacial score (nSPS) is 12.4. The van der Waals surface area contributed by atoms with Crippen molar-refractivity contribution >= 4 is 29.3 Å². The summed E-state index contributed by atoms with van der Waals surface area (Å²) in [5.41, 5.74) is 0.509. The lowest BCUT2D eigenvalue weighted by Gasteiger charge is -2.13. The topological polar surface area (TPSA) is 95.1 Å². The average molecular weight is 305 g/mol. The Balaban J connectivity index is 2.05. The molecule has 2 rings (SSSR count). The Morgan fingerprint density at radius 2 is 2.38 bits per heavy atom. The van der Waals surface area contributed by atoms with Crippen LogP contribution in [0.1, 0.15) is 40.4 Å². The molecule has 1 atom stereocenters. The van der Waals surface area contributed by atoms with E-state index in [9.17, 15) is 9.59 Å². The second-order valence-corrected chi connectivity index (χ2v) is 5.26. The molecular formula is C14H15N3O3S. The zero-order valence-electron chi connectivity index (χ0n) is 11.4. The third-order valence-corrected chi connectivity index (χ3v) is 3.73. The Morgan fingerprint density at radius 1 is 1.57 bits per heavy atom. The lowest BCUT2D eigenvalue weighted by Crippen LogP contribution is -2.28. The van der Waals surface area contributed by atoms with Gasteiger partial charge in [-0.05, 0) is 18.6 Å². The summed E-state index contributed by atoms with van der Waals surface area (Å²) in [6.45, 7) is 1.96. The van der Waals surface area contributed by atoms with Crippen LogP contribution in [-0.2, 0) is 4.79 Å². The van der Waals surface area contributed by atoms with Crippen LogP contribution in [0.25, 0.3) is 6.08 Å². The molecule has 0 radical (unpaired) electrons. The largest absolute Gasteiger partial charge is 0.478 e. The van der Waals surface area contributed by atoms with E-state index in [0.717, 1.165) is 12.5 Å². The van der Waals surface area contributed by atoms with Crippen molar-refractivity contribution in [3.63, 3.8) is 0 Å². The van der Waals surface area contributed by atoms with Gasteiger partial charge in [-0.25, -0.2) is 9.78 Å². The number of rotatable bonds is 6. The summed E-state index contributed by atoms with van der Waals surface area (Å²) in [4.78, 5) is 30.5. The summed E-state index contributed by atoms with van der Waals surface area (Å²) < 4.78 is 0. The monoisotopic (exact) mass is 305 g/mol. The third-order valence-electron chi connectivity index (χ3n) is 2.84.